The molecule has 1 saturated heterocycles. The van der Waals surface area contributed by atoms with Gasteiger partial charge in [-0.05, 0) is 36.5 Å². The number of sulfonamides is 1. The molecule has 8 nitrogen and oxygen atoms in total. The van der Waals surface area contributed by atoms with Gasteiger partial charge in [0.2, 0.25) is 10.0 Å². The van der Waals surface area contributed by atoms with Crippen molar-refractivity contribution in [1.29, 1.82) is 0 Å². The molecular formula is C16H23N3O5S. The topological polar surface area (TPSA) is 130 Å². The van der Waals surface area contributed by atoms with Gasteiger partial charge >= 0.3 is 12.0 Å². The van der Waals surface area contributed by atoms with E-state index in [2.05, 4.69) is 5.32 Å². The first-order valence-electron chi connectivity index (χ1n) is 7.96. The maximum Gasteiger partial charge on any atom is 0.317 e. The van der Waals surface area contributed by atoms with Crippen molar-refractivity contribution in [3.8, 4) is 0 Å². The van der Waals surface area contributed by atoms with E-state index in [0.717, 1.165) is 5.56 Å². The highest BCUT2D eigenvalue weighted by Gasteiger charge is 2.31. The summed E-state index contributed by atoms with van der Waals surface area (Å²) in [6.45, 7) is 4.47. The van der Waals surface area contributed by atoms with E-state index < -0.39 is 21.9 Å². The molecule has 1 aliphatic heterocycles. The quantitative estimate of drug-likeness (QED) is 0.726. The van der Waals surface area contributed by atoms with Crippen molar-refractivity contribution in [1.82, 2.24) is 10.2 Å². The minimum atomic E-state index is -3.77. The van der Waals surface area contributed by atoms with Gasteiger partial charge in [0.15, 0.2) is 0 Å². The van der Waals surface area contributed by atoms with Crippen molar-refractivity contribution in [2.45, 2.75) is 31.7 Å². The number of carbonyl (C=O) groups excluding carboxylic acids is 1. The van der Waals surface area contributed by atoms with Gasteiger partial charge in [0.1, 0.15) is 0 Å². The fourth-order valence-corrected chi connectivity index (χ4v) is 3.89. The van der Waals surface area contributed by atoms with Crippen molar-refractivity contribution in [2.75, 3.05) is 13.1 Å². The van der Waals surface area contributed by atoms with Gasteiger partial charge in [-0.25, -0.2) is 18.4 Å². The average molecular weight is 369 g/mol. The number of likely N-dealkylation sites (tertiary alicyclic amines) is 1. The predicted molar refractivity (Wildman–Crippen MR) is 91.3 cm³/mol. The molecule has 2 rings (SSSR count). The molecule has 0 aliphatic carbocycles. The molecule has 1 aliphatic rings. The second kappa shape index (κ2) is 7.40. The largest absolute Gasteiger partial charge is 0.481 e. The van der Waals surface area contributed by atoms with E-state index in [1.165, 1.54) is 11.0 Å². The van der Waals surface area contributed by atoms with Gasteiger partial charge in [0.05, 0.1) is 10.8 Å². The zero-order chi connectivity index (χ0) is 18.8. The molecule has 0 radical (unpaired) electrons. The molecule has 9 heteroatoms. The van der Waals surface area contributed by atoms with Gasteiger partial charge in [0, 0.05) is 19.6 Å². The normalized spacial score (nSPS) is 21.0. The van der Waals surface area contributed by atoms with Crippen LogP contribution in [0.1, 0.15) is 24.5 Å². The molecule has 0 bridgehead atoms. The van der Waals surface area contributed by atoms with Gasteiger partial charge in [-0.1, -0.05) is 19.1 Å². The Kier molecular flexibility index (Phi) is 5.69. The molecule has 2 unspecified atom stereocenters. The number of hydrogen-bond acceptors (Lipinski definition) is 4. The average Bonchev–Trinajstić information content (AvgIpc) is 2.50. The predicted octanol–water partition coefficient (Wildman–Crippen LogP) is 0.895. The lowest BCUT2D eigenvalue weighted by molar-refractivity contribution is -0.143. The van der Waals surface area contributed by atoms with Crippen LogP contribution in [0.25, 0.3) is 0 Å². The molecule has 0 saturated carbocycles. The molecule has 0 spiro atoms. The molecular weight excluding hydrogens is 346 g/mol. The summed E-state index contributed by atoms with van der Waals surface area (Å²) in [5.74, 6) is -1.32. The van der Waals surface area contributed by atoms with Crippen molar-refractivity contribution in [2.24, 2.45) is 17.0 Å². The van der Waals surface area contributed by atoms with Crippen molar-refractivity contribution < 1.29 is 23.1 Å². The van der Waals surface area contributed by atoms with E-state index in [-0.39, 0.29) is 29.9 Å². The third-order valence-electron chi connectivity index (χ3n) is 4.29. The van der Waals surface area contributed by atoms with Crippen molar-refractivity contribution in [3.63, 3.8) is 0 Å². The first kappa shape index (κ1) is 19.2. The van der Waals surface area contributed by atoms with Crippen LogP contribution in [0.2, 0.25) is 0 Å². The van der Waals surface area contributed by atoms with Crippen LogP contribution in [-0.4, -0.2) is 43.5 Å². The van der Waals surface area contributed by atoms with Crippen LogP contribution in [0.3, 0.4) is 0 Å². The van der Waals surface area contributed by atoms with Crippen LogP contribution < -0.4 is 10.5 Å². The Morgan fingerprint density at radius 2 is 2.04 bits per heavy atom. The number of urea groups is 1. The second-order valence-corrected chi connectivity index (χ2v) is 8.11. The number of aliphatic carboxylic acids is 1. The van der Waals surface area contributed by atoms with Gasteiger partial charge in [-0.2, -0.15) is 0 Å². The smallest absolute Gasteiger partial charge is 0.317 e. The van der Waals surface area contributed by atoms with Crippen LogP contribution >= 0.6 is 0 Å². The van der Waals surface area contributed by atoms with E-state index in [1.54, 1.807) is 19.1 Å². The highest BCUT2D eigenvalue weighted by Crippen LogP contribution is 2.22. The van der Waals surface area contributed by atoms with E-state index in [0.29, 0.717) is 18.5 Å². The molecule has 1 aromatic rings. The fourth-order valence-electron chi connectivity index (χ4n) is 3.13. The number of hydrogen-bond donors (Lipinski definition) is 3. The highest BCUT2D eigenvalue weighted by atomic mass is 32.2. The van der Waals surface area contributed by atoms with Crippen LogP contribution in [0.5, 0.6) is 0 Å². The zero-order valence-corrected chi connectivity index (χ0v) is 15.0. The third kappa shape index (κ3) is 4.93. The maximum absolute atomic E-state index is 12.3. The van der Waals surface area contributed by atoms with Gasteiger partial charge in [-0.15, -0.1) is 0 Å². The zero-order valence-electron chi connectivity index (χ0n) is 14.2. The number of carbonyl (C=O) groups is 2. The summed E-state index contributed by atoms with van der Waals surface area (Å²) < 4.78 is 22.8. The number of aryl methyl sites for hydroxylation is 1. The van der Waals surface area contributed by atoms with E-state index in [9.17, 15) is 18.0 Å². The van der Waals surface area contributed by atoms with Crippen LogP contribution in [0.4, 0.5) is 4.79 Å². The molecule has 25 heavy (non-hydrogen) atoms. The molecule has 1 heterocycles. The maximum atomic E-state index is 12.3. The van der Waals surface area contributed by atoms with Gasteiger partial charge in [-0.3, -0.25) is 4.79 Å². The summed E-state index contributed by atoms with van der Waals surface area (Å²) in [5, 5.41) is 17.0. The second-order valence-electron chi connectivity index (χ2n) is 6.58. The molecule has 138 valence electrons. The summed E-state index contributed by atoms with van der Waals surface area (Å²) in [4.78, 5) is 25.0. The van der Waals surface area contributed by atoms with Crippen LogP contribution in [0.15, 0.2) is 23.1 Å². The molecule has 2 amide bonds. The van der Waals surface area contributed by atoms with Gasteiger partial charge < -0.3 is 15.3 Å². The molecule has 4 N–H and O–H groups in total. The monoisotopic (exact) mass is 369 g/mol. The standard InChI is InChI=1S/C16H23N3O5S/c1-10-5-13(15(20)21)9-19(8-10)16(22)18-7-12-3-4-14(11(2)6-12)25(17,23)24/h3-4,6,10,13H,5,7-9H2,1-2H3,(H,18,22)(H,20,21)(H2,17,23,24). The third-order valence-corrected chi connectivity index (χ3v) is 5.36. The summed E-state index contributed by atoms with van der Waals surface area (Å²) in [6.07, 6.45) is 0.563. The molecule has 2 atom stereocenters. The number of rotatable bonds is 4. The lowest BCUT2D eigenvalue weighted by Gasteiger charge is -2.34. The Balaban J connectivity index is 2.00. The minimum absolute atomic E-state index is 0.0525. The number of piperidine rings is 1. The van der Waals surface area contributed by atoms with Gasteiger partial charge in [0.25, 0.3) is 0 Å². The Morgan fingerprint density at radius 3 is 2.60 bits per heavy atom. The summed E-state index contributed by atoms with van der Waals surface area (Å²) in [6, 6.07) is 4.33. The number of carboxylic acid groups (broad SMARTS) is 1. The minimum Gasteiger partial charge on any atom is -0.481 e. The highest BCUT2D eigenvalue weighted by molar-refractivity contribution is 7.89. The number of amides is 2. The van der Waals surface area contributed by atoms with E-state index in [1.807, 2.05) is 6.92 Å². The Bertz CT molecular complexity index is 778. The Labute approximate surface area is 147 Å². The number of nitrogens with one attached hydrogen (secondary N) is 1. The van der Waals surface area contributed by atoms with Crippen molar-refractivity contribution >= 4 is 22.0 Å². The number of nitrogens with zero attached hydrogens (tertiary/aromatic N) is 1. The molecule has 1 aromatic carbocycles. The molecule has 1 fully saturated rings. The Morgan fingerprint density at radius 1 is 1.36 bits per heavy atom. The SMILES string of the molecule is Cc1cc(CNC(=O)N2CC(C)CC(C(=O)O)C2)ccc1S(N)(=O)=O. The fraction of sp³-hybridized carbons (Fsp3) is 0.500. The summed E-state index contributed by atoms with van der Waals surface area (Å²) in [7, 11) is -3.77. The first-order valence-corrected chi connectivity index (χ1v) is 9.50. The Hall–Kier alpha value is -2.13. The first-order chi connectivity index (χ1) is 11.6. The number of carboxylic acids is 1. The lowest BCUT2D eigenvalue weighted by atomic mass is 9.91. The van der Waals surface area contributed by atoms with Crippen LogP contribution in [0, 0.1) is 18.8 Å². The molecule has 0 aromatic heterocycles. The van der Waals surface area contributed by atoms with E-state index in [4.69, 9.17) is 10.2 Å². The number of benzene rings is 1. The summed E-state index contributed by atoms with van der Waals surface area (Å²) in [5.41, 5.74) is 1.24. The number of primary sulfonamides is 1. The number of nitrogens with two attached hydrogens (primary N) is 1. The lowest BCUT2D eigenvalue weighted by Crippen LogP contribution is -2.49. The summed E-state index contributed by atoms with van der Waals surface area (Å²) >= 11 is 0. The van der Waals surface area contributed by atoms with Crippen LogP contribution in [-0.2, 0) is 21.4 Å². The van der Waals surface area contributed by atoms with E-state index >= 15 is 0 Å². The van der Waals surface area contributed by atoms with Crippen molar-refractivity contribution in [3.05, 3.63) is 29.3 Å².